The highest BCUT2D eigenvalue weighted by Gasteiger charge is 2.75. The normalized spacial score (nSPS) is 24.0. The number of halogens is 1. The number of aryl methyl sites for hydroxylation is 1. The standard InChI is InChI=1S/C21H24ClNO4S/c1-3-14-5-7-15(8-6-14)18-19(21(18,13-23)20(24)27-4-2)28(25,26)17-11-9-16(22)10-12-17/h5-12,18-19H,3-4,13,23H2,1-2H3/t18-,19-,21-/m1/s1. The summed E-state index contributed by atoms with van der Waals surface area (Å²) in [6.45, 7) is 3.79. The summed E-state index contributed by atoms with van der Waals surface area (Å²) in [5.41, 5.74) is 6.61. The van der Waals surface area contributed by atoms with Crippen molar-refractivity contribution < 1.29 is 17.9 Å². The molecule has 28 heavy (non-hydrogen) atoms. The first-order chi connectivity index (χ1) is 13.3. The third-order valence-corrected chi connectivity index (χ3v) is 8.02. The fourth-order valence-corrected chi connectivity index (χ4v) is 6.41. The van der Waals surface area contributed by atoms with Crippen molar-refractivity contribution in [2.24, 2.45) is 11.1 Å². The molecule has 1 aliphatic rings. The van der Waals surface area contributed by atoms with Gasteiger partial charge in [-0.15, -0.1) is 0 Å². The summed E-state index contributed by atoms with van der Waals surface area (Å²) in [6.07, 6.45) is 0.872. The molecule has 0 saturated heterocycles. The van der Waals surface area contributed by atoms with Crippen LogP contribution in [0.15, 0.2) is 53.4 Å². The molecule has 7 heteroatoms. The number of rotatable bonds is 7. The van der Waals surface area contributed by atoms with Gasteiger partial charge in [-0.3, -0.25) is 4.79 Å². The van der Waals surface area contributed by atoms with Crippen LogP contribution in [-0.4, -0.2) is 32.8 Å². The predicted octanol–water partition coefficient (Wildman–Crippen LogP) is 3.35. The SMILES string of the molecule is CCOC(=O)[C@]1(CN)[C@H](c2ccc(CC)cc2)[C@H]1S(=O)(=O)c1ccc(Cl)cc1. The summed E-state index contributed by atoms with van der Waals surface area (Å²) in [4.78, 5) is 12.9. The Labute approximate surface area is 170 Å². The number of hydrogen-bond acceptors (Lipinski definition) is 5. The molecule has 0 unspecified atom stereocenters. The first kappa shape index (κ1) is 20.8. The third kappa shape index (κ3) is 3.34. The van der Waals surface area contributed by atoms with Crippen molar-refractivity contribution >= 4 is 27.4 Å². The van der Waals surface area contributed by atoms with Gasteiger partial charge in [-0.05, 0) is 48.7 Å². The topological polar surface area (TPSA) is 86.5 Å². The van der Waals surface area contributed by atoms with Crippen LogP contribution in [0.5, 0.6) is 0 Å². The molecule has 0 radical (unpaired) electrons. The lowest BCUT2D eigenvalue weighted by molar-refractivity contribution is -0.149. The van der Waals surface area contributed by atoms with E-state index in [1.165, 1.54) is 24.3 Å². The highest BCUT2D eigenvalue weighted by Crippen LogP contribution is 2.64. The van der Waals surface area contributed by atoms with Gasteiger partial charge in [0.25, 0.3) is 0 Å². The van der Waals surface area contributed by atoms with Crippen LogP contribution >= 0.6 is 11.6 Å². The Hall–Kier alpha value is -1.89. The van der Waals surface area contributed by atoms with Crippen molar-refractivity contribution in [3.63, 3.8) is 0 Å². The number of sulfone groups is 1. The molecule has 0 aliphatic heterocycles. The predicted molar refractivity (Wildman–Crippen MR) is 109 cm³/mol. The van der Waals surface area contributed by atoms with Gasteiger partial charge in [-0.25, -0.2) is 8.42 Å². The van der Waals surface area contributed by atoms with Gasteiger partial charge in [0.1, 0.15) is 5.41 Å². The number of carbonyl (C=O) groups excluding carboxylic acids is 1. The second-order valence-electron chi connectivity index (χ2n) is 6.96. The number of esters is 1. The van der Waals surface area contributed by atoms with Crippen LogP contribution in [0, 0.1) is 5.41 Å². The molecular formula is C21H24ClNO4S. The van der Waals surface area contributed by atoms with E-state index < -0.39 is 32.4 Å². The van der Waals surface area contributed by atoms with Crippen LogP contribution in [0.1, 0.15) is 30.9 Å². The van der Waals surface area contributed by atoms with E-state index in [1.54, 1.807) is 6.92 Å². The maximum atomic E-state index is 13.4. The van der Waals surface area contributed by atoms with Gasteiger partial charge in [0.2, 0.25) is 0 Å². The highest BCUT2D eigenvalue weighted by atomic mass is 35.5. The Morgan fingerprint density at radius 3 is 2.21 bits per heavy atom. The largest absolute Gasteiger partial charge is 0.465 e. The zero-order valence-electron chi connectivity index (χ0n) is 15.9. The molecule has 3 rings (SSSR count). The van der Waals surface area contributed by atoms with E-state index in [-0.39, 0.29) is 18.0 Å². The molecule has 5 nitrogen and oxygen atoms in total. The first-order valence-electron chi connectivity index (χ1n) is 9.28. The second kappa shape index (κ2) is 7.85. The first-order valence-corrected chi connectivity index (χ1v) is 11.2. The molecule has 1 aliphatic carbocycles. The highest BCUT2D eigenvalue weighted by molar-refractivity contribution is 7.92. The minimum absolute atomic E-state index is 0.108. The quantitative estimate of drug-likeness (QED) is 0.693. The van der Waals surface area contributed by atoms with Crippen molar-refractivity contribution in [1.82, 2.24) is 0 Å². The van der Waals surface area contributed by atoms with Crippen LogP contribution in [0.4, 0.5) is 0 Å². The lowest BCUT2D eigenvalue weighted by atomic mass is 9.98. The zero-order chi connectivity index (χ0) is 20.5. The number of hydrogen-bond donors (Lipinski definition) is 1. The summed E-state index contributed by atoms with van der Waals surface area (Å²) in [5, 5.41) is -0.533. The number of benzene rings is 2. The summed E-state index contributed by atoms with van der Waals surface area (Å²) in [6, 6.07) is 13.6. The molecule has 0 aromatic heterocycles. The molecule has 2 aromatic rings. The Morgan fingerprint density at radius 1 is 1.11 bits per heavy atom. The second-order valence-corrected chi connectivity index (χ2v) is 9.46. The van der Waals surface area contributed by atoms with Crippen LogP contribution in [0.25, 0.3) is 0 Å². The van der Waals surface area contributed by atoms with Gasteiger partial charge >= 0.3 is 5.97 Å². The molecule has 0 spiro atoms. The Balaban J connectivity index is 2.09. The summed E-state index contributed by atoms with van der Waals surface area (Å²) < 4.78 is 32.0. The third-order valence-electron chi connectivity index (χ3n) is 5.47. The van der Waals surface area contributed by atoms with Crippen molar-refractivity contribution in [3.05, 3.63) is 64.7 Å². The minimum atomic E-state index is -3.82. The summed E-state index contributed by atoms with van der Waals surface area (Å²) in [7, 11) is -3.82. The van der Waals surface area contributed by atoms with Gasteiger partial charge in [0, 0.05) is 17.5 Å². The van der Waals surface area contributed by atoms with Gasteiger partial charge in [0.15, 0.2) is 9.84 Å². The molecule has 150 valence electrons. The van der Waals surface area contributed by atoms with E-state index in [0.29, 0.717) is 5.02 Å². The fraction of sp³-hybridized carbons (Fsp3) is 0.381. The number of ether oxygens (including phenoxy) is 1. The van der Waals surface area contributed by atoms with Gasteiger partial charge in [-0.2, -0.15) is 0 Å². The van der Waals surface area contributed by atoms with E-state index >= 15 is 0 Å². The minimum Gasteiger partial charge on any atom is -0.465 e. The van der Waals surface area contributed by atoms with Crippen LogP contribution in [0.3, 0.4) is 0 Å². The summed E-state index contributed by atoms with van der Waals surface area (Å²) >= 11 is 5.90. The number of carbonyl (C=O) groups is 1. The van der Waals surface area contributed by atoms with Gasteiger partial charge in [-0.1, -0.05) is 42.8 Å². The fourth-order valence-electron chi connectivity index (χ4n) is 3.90. The maximum absolute atomic E-state index is 13.4. The molecular weight excluding hydrogens is 398 g/mol. The summed E-state index contributed by atoms with van der Waals surface area (Å²) in [5.74, 6) is -1.12. The smallest absolute Gasteiger partial charge is 0.315 e. The molecule has 0 bridgehead atoms. The molecule has 0 amide bonds. The van der Waals surface area contributed by atoms with Crippen molar-refractivity contribution in [3.8, 4) is 0 Å². The lowest BCUT2D eigenvalue weighted by Crippen LogP contribution is -2.33. The molecule has 1 fully saturated rings. The molecule has 0 heterocycles. The van der Waals surface area contributed by atoms with Crippen molar-refractivity contribution in [2.45, 2.75) is 36.3 Å². The molecule has 1 saturated carbocycles. The maximum Gasteiger partial charge on any atom is 0.315 e. The monoisotopic (exact) mass is 421 g/mol. The Bertz CT molecular complexity index is 957. The van der Waals surface area contributed by atoms with Crippen molar-refractivity contribution in [1.29, 1.82) is 0 Å². The van der Waals surface area contributed by atoms with E-state index in [1.807, 2.05) is 31.2 Å². The molecule has 2 aromatic carbocycles. The van der Waals surface area contributed by atoms with E-state index in [0.717, 1.165) is 17.5 Å². The number of nitrogens with two attached hydrogens (primary N) is 1. The molecule has 3 atom stereocenters. The van der Waals surface area contributed by atoms with Crippen LogP contribution in [-0.2, 0) is 25.8 Å². The van der Waals surface area contributed by atoms with Gasteiger partial charge < -0.3 is 10.5 Å². The van der Waals surface area contributed by atoms with Gasteiger partial charge in [0.05, 0.1) is 16.8 Å². The zero-order valence-corrected chi connectivity index (χ0v) is 17.5. The average molecular weight is 422 g/mol. The Morgan fingerprint density at radius 2 is 1.71 bits per heavy atom. The average Bonchev–Trinajstić information content (AvgIpc) is 3.40. The van der Waals surface area contributed by atoms with Crippen LogP contribution in [0.2, 0.25) is 5.02 Å². The Kier molecular flexibility index (Phi) is 5.84. The molecule has 2 N–H and O–H groups in total. The lowest BCUT2D eigenvalue weighted by Gasteiger charge is -2.14. The van der Waals surface area contributed by atoms with E-state index in [4.69, 9.17) is 22.1 Å². The van der Waals surface area contributed by atoms with Crippen molar-refractivity contribution in [2.75, 3.05) is 13.2 Å². The van der Waals surface area contributed by atoms with Crippen LogP contribution < -0.4 is 5.73 Å². The van der Waals surface area contributed by atoms with E-state index in [2.05, 4.69) is 0 Å². The van der Waals surface area contributed by atoms with E-state index in [9.17, 15) is 13.2 Å².